The van der Waals surface area contributed by atoms with Crippen molar-refractivity contribution in [2.75, 3.05) is 6.54 Å². The van der Waals surface area contributed by atoms with Gasteiger partial charge in [0.25, 0.3) is 0 Å². The molecule has 0 aliphatic heterocycles. The topological polar surface area (TPSA) is 12.0 Å². The summed E-state index contributed by atoms with van der Waals surface area (Å²) < 4.78 is 14.2. The molecule has 0 aromatic heterocycles. The summed E-state index contributed by atoms with van der Waals surface area (Å²) in [6, 6.07) is 5.96. The van der Waals surface area contributed by atoms with Gasteiger partial charge in [-0.2, -0.15) is 0 Å². The molecule has 1 aliphatic carbocycles. The first-order valence-electron chi connectivity index (χ1n) is 7.38. The van der Waals surface area contributed by atoms with Crippen LogP contribution in [0.1, 0.15) is 44.6 Å². The molecular formula is C16H23BrFN. The van der Waals surface area contributed by atoms with E-state index in [1.165, 1.54) is 38.2 Å². The first-order chi connectivity index (χ1) is 9.22. The van der Waals surface area contributed by atoms with Gasteiger partial charge >= 0.3 is 0 Å². The molecule has 1 aliphatic rings. The molecule has 0 bridgehead atoms. The van der Waals surface area contributed by atoms with Crippen molar-refractivity contribution in [1.82, 2.24) is 5.32 Å². The van der Waals surface area contributed by atoms with Crippen molar-refractivity contribution in [1.29, 1.82) is 0 Å². The maximum absolute atomic E-state index is 13.6. The molecule has 1 N–H and O–H groups in total. The van der Waals surface area contributed by atoms with E-state index in [1.807, 2.05) is 12.1 Å². The third-order valence-electron chi connectivity index (χ3n) is 4.14. The van der Waals surface area contributed by atoms with E-state index in [0.29, 0.717) is 16.4 Å². The highest BCUT2D eigenvalue weighted by Crippen LogP contribution is 2.30. The monoisotopic (exact) mass is 327 g/mol. The Bertz CT molecular complexity index is 408. The quantitative estimate of drug-likeness (QED) is 0.791. The van der Waals surface area contributed by atoms with Crippen LogP contribution in [0.3, 0.4) is 0 Å². The van der Waals surface area contributed by atoms with Gasteiger partial charge in [-0.3, -0.25) is 0 Å². The molecule has 2 atom stereocenters. The summed E-state index contributed by atoms with van der Waals surface area (Å²) >= 11 is 3.39. The molecule has 1 fully saturated rings. The third kappa shape index (κ3) is 4.03. The highest BCUT2D eigenvalue weighted by molar-refractivity contribution is 9.10. The van der Waals surface area contributed by atoms with Gasteiger partial charge in [-0.05, 0) is 59.3 Å². The molecule has 0 heterocycles. The molecule has 106 valence electrons. The number of halogens is 2. The van der Waals surface area contributed by atoms with Crippen LogP contribution in [0.15, 0.2) is 22.7 Å². The maximum atomic E-state index is 13.6. The molecule has 1 saturated carbocycles. The Morgan fingerprint density at radius 2 is 2.05 bits per heavy atom. The normalized spacial score (nSPS) is 24.2. The van der Waals surface area contributed by atoms with Crippen molar-refractivity contribution in [2.45, 2.75) is 51.5 Å². The fraction of sp³-hybridized carbons (Fsp3) is 0.625. The van der Waals surface area contributed by atoms with E-state index in [1.54, 1.807) is 0 Å². The largest absolute Gasteiger partial charge is 0.314 e. The third-order valence-corrected chi connectivity index (χ3v) is 5.03. The molecule has 1 aromatic carbocycles. The van der Waals surface area contributed by atoms with E-state index in [9.17, 15) is 4.39 Å². The molecular weight excluding hydrogens is 305 g/mol. The lowest BCUT2D eigenvalue weighted by Crippen LogP contribution is -2.36. The number of hydrogen-bond acceptors (Lipinski definition) is 1. The summed E-state index contributed by atoms with van der Waals surface area (Å²) in [5, 5.41) is 3.62. The van der Waals surface area contributed by atoms with Crippen LogP contribution < -0.4 is 5.32 Å². The molecule has 0 spiro atoms. The van der Waals surface area contributed by atoms with Gasteiger partial charge < -0.3 is 5.32 Å². The van der Waals surface area contributed by atoms with Crippen LogP contribution in [0, 0.1) is 11.7 Å². The highest BCUT2D eigenvalue weighted by Gasteiger charge is 2.24. The molecule has 19 heavy (non-hydrogen) atoms. The van der Waals surface area contributed by atoms with E-state index < -0.39 is 0 Å². The molecule has 0 saturated heterocycles. The van der Waals surface area contributed by atoms with Crippen LogP contribution in [0.2, 0.25) is 0 Å². The van der Waals surface area contributed by atoms with Gasteiger partial charge in [-0.25, -0.2) is 4.39 Å². The van der Waals surface area contributed by atoms with Gasteiger partial charge in [0.1, 0.15) is 5.82 Å². The smallest absolute Gasteiger partial charge is 0.137 e. The van der Waals surface area contributed by atoms with Gasteiger partial charge in [0.05, 0.1) is 4.47 Å². The van der Waals surface area contributed by atoms with E-state index in [4.69, 9.17) is 0 Å². The van der Waals surface area contributed by atoms with Gasteiger partial charge in [0.15, 0.2) is 0 Å². The Kier molecular flexibility index (Phi) is 5.83. The van der Waals surface area contributed by atoms with Crippen LogP contribution in [0.25, 0.3) is 0 Å². The predicted octanol–water partition coefficient (Wildman–Crippen LogP) is 4.69. The summed E-state index contributed by atoms with van der Waals surface area (Å²) in [5.74, 6) is 0.478. The van der Waals surface area contributed by atoms with Crippen LogP contribution in [-0.2, 0) is 6.42 Å². The Morgan fingerprint density at radius 3 is 2.84 bits per heavy atom. The standard InChI is InChI=1S/C16H23BrFN/c1-2-19-15-10-5-3-4-7-12(15)11-13-8-6-9-14(18)16(13)17/h6,8-9,12,15,19H,2-5,7,10-11H2,1H3. The zero-order valence-corrected chi connectivity index (χ0v) is 13.2. The second-order valence-corrected chi connectivity index (χ2v) is 6.27. The zero-order valence-electron chi connectivity index (χ0n) is 11.6. The van der Waals surface area contributed by atoms with Crippen LogP contribution >= 0.6 is 15.9 Å². The lowest BCUT2D eigenvalue weighted by atomic mass is 9.88. The number of hydrogen-bond donors (Lipinski definition) is 1. The first kappa shape index (κ1) is 15.0. The number of benzene rings is 1. The lowest BCUT2D eigenvalue weighted by molar-refractivity contribution is 0.337. The van der Waals surface area contributed by atoms with Crippen molar-refractivity contribution in [3.05, 3.63) is 34.1 Å². The fourth-order valence-corrected chi connectivity index (χ4v) is 3.57. The molecule has 3 heteroatoms. The first-order valence-corrected chi connectivity index (χ1v) is 8.18. The van der Waals surface area contributed by atoms with Gasteiger partial charge in [0.2, 0.25) is 0 Å². The minimum Gasteiger partial charge on any atom is -0.314 e. The predicted molar refractivity (Wildman–Crippen MR) is 81.8 cm³/mol. The fourth-order valence-electron chi connectivity index (χ4n) is 3.15. The van der Waals surface area contributed by atoms with E-state index >= 15 is 0 Å². The summed E-state index contributed by atoms with van der Waals surface area (Å²) in [7, 11) is 0. The number of rotatable bonds is 4. The molecule has 1 aromatic rings. The van der Waals surface area contributed by atoms with Crippen molar-refractivity contribution < 1.29 is 4.39 Å². The van der Waals surface area contributed by atoms with Gasteiger partial charge in [0, 0.05) is 6.04 Å². The molecule has 2 unspecified atom stereocenters. The zero-order chi connectivity index (χ0) is 13.7. The maximum Gasteiger partial charge on any atom is 0.137 e. The molecule has 2 rings (SSSR count). The second kappa shape index (κ2) is 7.39. The second-order valence-electron chi connectivity index (χ2n) is 5.48. The Balaban J connectivity index is 2.11. The SMILES string of the molecule is CCNC1CCCCCC1Cc1cccc(F)c1Br. The summed E-state index contributed by atoms with van der Waals surface area (Å²) in [6.07, 6.45) is 7.43. The molecule has 0 radical (unpaired) electrons. The van der Waals surface area contributed by atoms with Gasteiger partial charge in [-0.1, -0.05) is 38.3 Å². The summed E-state index contributed by atoms with van der Waals surface area (Å²) in [5.41, 5.74) is 1.11. The van der Waals surface area contributed by atoms with Crippen molar-refractivity contribution in [3.63, 3.8) is 0 Å². The Labute approximate surface area is 124 Å². The average molecular weight is 328 g/mol. The van der Waals surface area contributed by atoms with Crippen molar-refractivity contribution in [2.24, 2.45) is 5.92 Å². The van der Waals surface area contributed by atoms with E-state index in [0.717, 1.165) is 18.5 Å². The minimum atomic E-state index is -0.147. The van der Waals surface area contributed by atoms with Crippen molar-refractivity contribution in [3.8, 4) is 0 Å². The van der Waals surface area contributed by atoms with Gasteiger partial charge in [-0.15, -0.1) is 0 Å². The average Bonchev–Trinajstić information content (AvgIpc) is 2.62. The summed E-state index contributed by atoms with van der Waals surface area (Å²) in [6.45, 7) is 3.19. The van der Waals surface area contributed by atoms with Crippen molar-refractivity contribution >= 4 is 15.9 Å². The van der Waals surface area contributed by atoms with Crippen LogP contribution in [-0.4, -0.2) is 12.6 Å². The molecule has 1 nitrogen and oxygen atoms in total. The van der Waals surface area contributed by atoms with Crippen LogP contribution in [0.4, 0.5) is 4.39 Å². The Morgan fingerprint density at radius 1 is 1.26 bits per heavy atom. The van der Waals surface area contributed by atoms with E-state index in [-0.39, 0.29) is 5.82 Å². The molecule has 0 amide bonds. The minimum absolute atomic E-state index is 0.147. The highest BCUT2D eigenvalue weighted by atomic mass is 79.9. The Hall–Kier alpha value is -0.410. The lowest BCUT2D eigenvalue weighted by Gasteiger charge is -2.26. The summed E-state index contributed by atoms with van der Waals surface area (Å²) in [4.78, 5) is 0. The van der Waals surface area contributed by atoms with Crippen LogP contribution in [0.5, 0.6) is 0 Å². The number of nitrogens with one attached hydrogen (secondary N) is 1. The van der Waals surface area contributed by atoms with E-state index in [2.05, 4.69) is 28.2 Å².